The third-order valence-electron chi connectivity index (χ3n) is 5.21. The standard InChI is InChI=1S/C21H27N3O3S2/c1-15-7-9-17(10-8-15)24(12-11-16-5-3-2-4-6-16)21(27)23-20-22-13-19(29-20)28-14-18(25)26/h2-6,13,15,17H,7-12,14H2,1H3,(H,25,26)(H,22,23,27). The van der Waals surface area contributed by atoms with Crippen molar-refractivity contribution in [3.8, 4) is 0 Å². The highest BCUT2D eigenvalue weighted by Crippen LogP contribution is 2.30. The molecule has 6 nitrogen and oxygen atoms in total. The molecule has 0 spiro atoms. The van der Waals surface area contributed by atoms with Gasteiger partial charge >= 0.3 is 12.0 Å². The van der Waals surface area contributed by atoms with E-state index in [9.17, 15) is 9.59 Å². The summed E-state index contributed by atoms with van der Waals surface area (Å²) < 4.78 is 0.782. The van der Waals surface area contributed by atoms with Gasteiger partial charge in [0.15, 0.2) is 5.13 Å². The first kappa shape index (κ1) is 21.6. The Morgan fingerprint density at radius 2 is 1.97 bits per heavy atom. The van der Waals surface area contributed by atoms with Crippen molar-refractivity contribution < 1.29 is 14.7 Å². The summed E-state index contributed by atoms with van der Waals surface area (Å²) in [7, 11) is 0. The van der Waals surface area contributed by atoms with Crippen LogP contribution in [0.15, 0.2) is 40.7 Å². The number of rotatable bonds is 8. The molecule has 156 valence electrons. The minimum Gasteiger partial charge on any atom is -0.481 e. The minimum atomic E-state index is -0.868. The van der Waals surface area contributed by atoms with E-state index in [1.807, 2.05) is 23.1 Å². The Hall–Kier alpha value is -2.06. The summed E-state index contributed by atoms with van der Waals surface area (Å²) >= 11 is 2.52. The van der Waals surface area contributed by atoms with Gasteiger partial charge in [0.25, 0.3) is 0 Å². The number of carboxylic acids is 1. The van der Waals surface area contributed by atoms with Crippen LogP contribution in [0.3, 0.4) is 0 Å². The number of anilines is 1. The van der Waals surface area contributed by atoms with E-state index in [2.05, 4.69) is 29.4 Å². The first-order valence-corrected chi connectivity index (χ1v) is 11.7. The summed E-state index contributed by atoms with van der Waals surface area (Å²) in [6.45, 7) is 2.94. The number of carboxylic acid groups (broad SMARTS) is 1. The molecule has 0 atom stereocenters. The predicted octanol–water partition coefficient (Wildman–Crippen LogP) is 4.98. The molecule has 0 unspecified atom stereocenters. The molecule has 2 aromatic rings. The van der Waals surface area contributed by atoms with Gasteiger partial charge in [-0.15, -0.1) is 11.8 Å². The molecule has 0 aliphatic heterocycles. The van der Waals surface area contributed by atoms with Crippen LogP contribution in [0.5, 0.6) is 0 Å². The van der Waals surface area contributed by atoms with E-state index in [0.717, 1.165) is 42.2 Å². The van der Waals surface area contributed by atoms with Crippen LogP contribution in [-0.2, 0) is 11.2 Å². The molecule has 1 saturated carbocycles. The molecule has 8 heteroatoms. The molecule has 1 fully saturated rings. The lowest BCUT2D eigenvalue weighted by Gasteiger charge is -2.36. The Bertz CT molecular complexity index is 805. The smallest absolute Gasteiger partial charge is 0.323 e. The van der Waals surface area contributed by atoms with Crippen LogP contribution in [0.2, 0.25) is 0 Å². The van der Waals surface area contributed by atoms with Gasteiger partial charge in [-0.2, -0.15) is 0 Å². The maximum absolute atomic E-state index is 13.1. The quantitative estimate of drug-likeness (QED) is 0.574. The van der Waals surface area contributed by atoms with Crippen molar-refractivity contribution in [2.45, 2.75) is 49.3 Å². The Morgan fingerprint density at radius 1 is 1.24 bits per heavy atom. The minimum absolute atomic E-state index is 0.0148. The number of amides is 2. The number of nitrogens with zero attached hydrogens (tertiary/aromatic N) is 2. The molecular formula is C21H27N3O3S2. The van der Waals surface area contributed by atoms with Gasteiger partial charge in [-0.05, 0) is 43.6 Å². The van der Waals surface area contributed by atoms with E-state index >= 15 is 0 Å². The third kappa shape index (κ3) is 6.75. The number of hydrogen-bond acceptors (Lipinski definition) is 5. The van der Waals surface area contributed by atoms with Crippen LogP contribution in [0, 0.1) is 5.92 Å². The maximum Gasteiger partial charge on any atom is 0.323 e. The number of hydrogen-bond donors (Lipinski definition) is 2. The van der Waals surface area contributed by atoms with Gasteiger partial charge in [0.1, 0.15) is 0 Å². The van der Waals surface area contributed by atoms with Crippen LogP contribution >= 0.6 is 23.1 Å². The van der Waals surface area contributed by atoms with E-state index in [-0.39, 0.29) is 17.8 Å². The highest BCUT2D eigenvalue weighted by atomic mass is 32.2. The fourth-order valence-corrected chi connectivity index (χ4v) is 5.16. The number of carbonyl (C=O) groups excluding carboxylic acids is 1. The second-order valence-electron chi connectivity index (χ2n) is 7.44. The molecule has 0 radical (unpaired) electrons. The molecule has 1 heterocycles. The van der Waals surface area contributed by atoms with Gasteiger partial charge < -0.3 is 10.0 Å². The lowest BCUT2D eigenvalue weighted by molar-refractivity contribution is -0.133. The summed E-state index contributed by atoms with van der Waals surface area (Å²) in [5.41, 5.74) is 1.22. The topological polar surface area (TPSA) is 82.5 Å². The van der Waals surface area contributed by atoms with Crippen molar-refractivity contribution in [3.63, 3.8) is 0 Å². The lowest BCUT2D eigenvalue weighted by atomic mass is 9.86. The van der Waals surface area contributed by atoms with E-state index < -0.39 is 5.97 Å². The highest BCUT2D eigenvalue weighted by Gasteiger charge is 2.28. The Morgan fingerprint density at radius 3 is 2.66 bits per heavy atom. The summed E-state index contributed by atoms with van der Waals surface area (Å²) in [6.07, 6.45) is 6.78. The predicted molar refractivity (Wildman–Crippen MR) is 118 cm³/mol. The molecule has 0 bridgehead atoms. The molecule has 1 aromatic carbocycles. The van der Waals surface area contributed by atoms with Gasteiger partial charge in [0.05, 0.1) is 16.2 Å². The number of aliphatic carboxylic acids is 1. The summed E-state index contributed by atoms with van der Waals surface area (Å²) in [4.78, 5) is 30.0. The first-order valence-electron chi connectivity index (χ1n) is 9.93. The molecule has 1 aliphatic carbocycles. The van der Waals surface area contributed by atoms with Crippen LogP contribution in [0.4, 0.5) is 9.93 Å². The van der Waals surface area contributed by atoms with Crippen LogP contribution in [0.25, 0.3) is 0 Å². The number of thiazole rings is 1. The number of nitrogens with one attached hydrogen (secondary N) is 1. The van der Waals surface area contributed by atoms with Crippen molar-refractivity contribution in [1.82, 2.24) is 9.88 Å². The molecule has 1 aromatic heterocycles. The van der Waals surface area contributed by atoms with Gasteiger partial charge in [0.2, 0.25) is 0 Å². The van der Waals surface area contributed by atoms with Gasteiger partial charge in [-0.25, -0.2) is 9.78 Å². The molecule has 0 saturated heterocycles. The fraction of sp³-hybridized carbons (Fsp3) is 0.476. The molecule has 2 amide bonds. The first-order chi connectivity index (χ1) is 14.0. The zero-order chi connectivity index (χ0) is 20.6. The fourth-order valence-electron chi connectivity index (χ4n) is 3.58. The Kier molecular flexibility index (Phi) is 7.94. The number of benzene rings is 1. The summed E-state index contributed by atoms with van der Waals surface area (Å²) in [5.74, 6) is -0.162. The number of carbonyl (C=O) groups is 2. The van der Waals surface area contributed by atoms with E-state index in [0.29, 0.717) is 11.7 Å². The Balaban J connectivity index is 1.64. The largest absolute Gasteiger partial charge is 0.481 e. The number of thioether (sulfide) groups is 1. The molecule has 1 aliphatic rings. The van der Waals surface area contributed by atoms with Crippen LogP contribution in [-0.4, -0.2) is 45.3 Å². The molecular weight excluding hydrogens is 406 g/mol. The molecule has 3 rings (SSSR count). The lowest BCUT2D eigenvalue weighted by Crippen LogP contribution is -2.45. The number of urea groups is 1. The van der Waals surface area contributed by atoms with Crippen molar-refractivity contribution in [3.05, 3.63) is 42.1 Å². The molecule has 29 heavy (non-hydrogen) atoms. The second kappa shape index (κ2) is 10.6. The summed E-state index contributed by atoms with van der Waals surface area (Å²) in [5, 5.41) is 12.2. The average molecular weight is 434 g/mol. The zero-order valence-electron chi connectivity index (χ0n) is 16.5. The zero-order valence-corrected chi connectivity index (χ0v) is 18.2. The van der Waals surface area contributed by atoms with Gasteiger partial charge in [-0.1, -0.05) is 48.6 Å². The third-order valence-corrected chi connectivity index (χ3v) is 7.30. The maximum atomic E-state index is 13.1. The second-order valence-corrected chi connectivity index (χ2v) is 9.75. The van der Waals surface area contributed by atoms with Crippen LogP contribution < -0.4 is 5.32 Å². The SMILES string of the molecule is CC1CCC(N(CCc2ccccc2)C(=O)Nc2ncc(SCC(=O)O)s2)CC1. The van der Waals surface area contributed by atoms with Crippen LogP contribution in [0.1, 0.15) is 38.2 Å². The van der Waals surface area contributed by atoms with Crippen molar-refractivity contribution in [2.24, 2.45) is 5.92 Å². The van der Waals surface area contributed by atoms with Gasteiger partial charge in [0, 0.05) is 12.6 Å². The normalized spacial score (nSPS) is 18.9. The van der Waals surface area contributed by atoms with E-state index in [4.69, 9.17) is 5.11 Å². The molecule has 2 N–H and O–H groups in total. The van der Waals surface area contributed by atoms with Crippen molar-refractivity contribution >= 4 is 40.2 Å². The summed E-state index contributed by atoms with van der Waals surface area (Å²) in [6, 6.07) is 10.3. The Labute approximate surface area is 179 Å². The van der Waals surface area contributed by atoms with E-state index in [1.54, 1.807) is 6.20 Å². The van der Waals surface area contributed by atoms with Gasteiger partial charge in [-0.3, -0.25) is 10.1 Å². The average Bonchev–Trinajstić information content (AvgIpc) is 3.16. The number of aromatic nitrogens is 1. The highest BCUT2D eigenvalue weighted by molar-refractivity contribution is 8.01. The van der Waals surface area contributed by atoms with E-state index in [1.165, 1.54) is 28.7 Å². The monoisotopic (exact) mass is 433 g/mol. The van der Waals surface area contributed by atoms with Crippen molar-refractivity contribution in [2.75, 3.05) is 17.6 Å². The van der Waals surface area contributed by atoms with Crippen molar-refractivity contribution in [1.29, 1.82) is 0 Å².